The van der Waals surface area contributed by atoms with Crippen LogP contribution in [0, 0.1) is 6.92 Å². The lowest BCUT2D eigenvalue weighted by molar-refractivity contribution is 0.609. The van der Waals surface area contributed by atoms with Crippen LogP contribution >= 0.6 is 11.3 Å². The number of nitrogens with one attached hydrogen (secondary N) is 1. The molecule has 0 amide bonds. The maximum Gasteiger partial charge on any atom is 0.0524 e. The zero-order valence-corrected chi connectivity index (χ0v) is 11.4. The van der Waals surface area contributed by atoms with E-state index in [2.05, 4.69) is 29.8 Å². The molecule has 1 aromatic carbocycles. The molecule has 0 saturated carbocycles. The Bertz CT molecular complexity index is 539. The highest BCUT2D eigenvalue weighted by molar-refractivity contribution is 7.10. The molecule has 2 nitrogen and oxygen atoms in total. The third-order valence-corrected chi connectivity index (χ3v) is 4.49. The molecule has 94 valence electrons. The zero-order chi connectivity index (χ0) is 12.5. The summed E-state index contributed by atoms with van der Waals surface area (Å²) < 4.78 is 0. The summed E-state index contributed by atoms with van der Waals surface area (Å²) in [5, 5.41) is 5.84. The molecule has 3 N–H and O–H groups in total. The van der Waals surface area contributed by atoms with Crippen LogP contribution in [0.2, 0.25) is 0 Å². The van der Waals surface area contributed by atoms with Crippen LogP contribution < -0.4 is 11.1 Å². The Labute approximate surface area is 112 Å². The minimum absolute atomic E-state index is 0.446. The van der Waals surface area contributed by atoms with E-state index in [1.807, 2.05) is 23.5 Å². The normalized spacial score (nSPS) is 18.4. The first-order valence-corrected chi connectivity index (χ1v) is 7.30. The van der Waals surface area contributed by atoms with Gasteiger partial charge < -0.3 is 11.1 Å². The summed E-state index contributed by atoms with van der Waals surface area (Å²) in [5.74, 6) is 0. The minimum Gasteiger partial charge on any atom is -0.399 e. The Morgan fingerprint density at radius 1 is 1.33 bits per heavy atom. The fourth-order valence-corrected chi connectivity index (χ4v) is 3.72. The van der Waals surface area contributed by atoms with Crippen molar-refractivity contribution in [3.05, 3.63) is 45.6 Å². The fourth-order valence-electron chi connectivity index (χ4n) is 2.73. The molecule has 0 fully saturated rings. The van der Waals surface area contributed by atoms with Gasteiger partial charge in [-0.25, -0.2) is 0 Å². The number of nitrogens with two attached hydrogens (primary N) is 1. The summed E-state index contributed by atoms with van der Waals surface area (Å²) in [5.41, 5.74) is 10.6. The summed E-state index contributed by atoms with van der Waals surface area (Å²) in [4.78, 5) is 1.54. The topological polar surface area (TPSA) is 38.0 Å². The number of thiophene rings is 1. The van der Waals surface area contributed by atoms with Crippen molar-refractivity contribution in [2.45, 2.75) is 32.2 Å². The molecule has 3 heteroatoms. The molecule has 0 saturated heterocycles. The zero-order valence-electron chi connectivity index (χ0n) is 10.6. The number of anilines is 2. The van der Waals surface area contributed by atoms with Gasteiger partial charge in [0.25, 0.3) is 0 Å². The minimum atomic E-state index is 0.446. The maximum atomic E-state index is 5.90. The van der Waals surface area contributed by atoms with Gasteiger partial charge in [0, 0.05) is 16.3 Å². The maximum absolute atomic E-state index is 5.90. The Hall–Kier alpha value is -1.48. The molecule has 1 heterocycles. The molecule has 2 aromatic rings. The van der Waals surface area contributed by atoms with Crippen molar-refractivity contribution < 1.29 is 0 Å². The molecule has 1 aliphatic rings. The summed E-state index contributed by atoms with van der Waals surface area (Å²) >= 11 is 1.88. The first-order valence-electron chi connectivity index (χ1n) is 6.42. The monoisotopic (exact) mass is 258 g/mol. The number of hydrogen-bond donors (Lipinski definition) is 2. The van der Waals surface area contributed by atoms with Crippen LogP contribution in [0.25, 0.3) is 0 Å². The average molecular weight is 258 g/mol. The molecule has 0 radical (unpaired) electrons. The van der Waals surface area contributed by atoms with Gasteiger partial charge in [-0.3, -0.25) is 0 Å². The second-order valence-electron chi connectivity index (χ2n) is 5.02. The van der Waals surface area contributed by atoms with Crippen LogP contribution in [-0.4, -0.2) is 0 Å². The van der Waals surface area contributed by atoms with Crippen LogP contribution in [-0.2, 0) is 6.42 Å². The highest BCUT2D eigenvalue weighted by atomic mass is 32.1. The summed E-state index contributed by atoms with van der Waals surface area (Å²) in [7, 11) is 0. The van der Waals surface area contributed by atoms with E-state index < -0.39 is 0 Å². The van der Waals surface area contributed by atoms with Gasteiger partial charge in [0.15, 0.2) is 0 Å². The Balaban J connectivity index is 1.86. The van der Waals surface area contributed by atoms with Crippen molar-refractivity contribution in [2.75, 3.05) is 11.1 Å². The molecule has 1 atom stereocenters. The third kappa shape index (κ3) is 2.23. The van der Waals surface area contributed by atoms with Crippen molar-refractivity contribution >= 4 is 22.7 Å². The molecule has 1 aliphatic carbocycles. The highest BCUT2D eigenvalue weighted by Crippen LogP contribution is 2.35. The van der Waals surface area contributed by atoms with Crippen molar-refractivity contribution in [3.63, 3.8) is 0 Å². The lowest BCUT2D eigenvalue weighted by Crippen LogP contribution is -2.15. The van der Waals surface area contributed by atoms with Gasteiger partial charge in [0.05, 0.1) is 6.04 Å². The number of benzene rings is 1. The van der Waals surface area contributed by atoms with Crippen molar-refractivity contribution in [2.24, 2.45) is 0 Å². The lowest BCUT2D eigenvalue weighted by Gasteiger charge is -2.25. The fraction of sp³-hybridized carbons (Fsp3) is 0.333. The van der Waals surface area contributed by atoms with Crippen LogP contribution in [0.4, 0.5) is 11.4 Å². The first-order chi connectivity index (χ1) is 8.72. The number of rotatable bonds is 2. The van der Waals surface area contributed by atoms with Crippen LogP contribution in [0.15, 0.2) is 29.6 Å². The van der Waals surface area contributed by atoms with Gasteiger partial charge in [-0.1, -0.05) is 0 Å². The lowest BCUT2D eigenvalue weighted by atomic mass is 9.94. The van der Waals surface area contributed by atoms with Crippen molar-refractivity contribution in [3.8, 4) is 0 Å². The highest BCUT2D eigenvalue weighted by Gasteiger charge is 2.20. The van der Waals surface area contributed by atoms with E-state index in [9.17, 15) is 0 Å². The Kier molecular flexibility index (Phi) is 3.00. The van der Waals surface area contributed by atoms with Gasteiger partial charge >= 0.3 is 0 Å². The molecule has 1 unspecified atom stereocenters. The van der Waals surface area contributed by atoms with E-state index in [0.717, 1.165) is 11.4 Å². The first kappa shape index (κ1) is 11.6. The van der Waals surface area contributed by atoms with Gasteiger partial charge in [-0.05, 0) is 67.0 Å². The number of fused-ring (bicyclic) bond motifs is 1. The van der Waals surface area contributed by atoms with E-state index in [0.29, 0.717) is 6.04 Å². The smallest absolute Gasteiger partial charge is 0.0524 e. The molecular formula is C15H18N2S. The molecule has 3 rings (SSSR count). The number of hydrogen-bond acceptors (Lipinski definition) is 3. The van der Waals surface area contributed by atoms with Gasteiger partial charge in [-0.15, -0.1) is 11.3 Å². The van der Waals surface area contributed by atoms with E-state index in [-0.39, 0.29) is 0 Å². The summed E-state index contributed by atoms with van der Waals surface area (Å²) in [6.07, 6.45) is 3.71. The molecule has 18 heavy (non-hydrogen) atoms. The third-order valence-electron chi connectivity index (χ3n) is 3.49. The SMILES string of the molecule is Cc1cc(N)cc(NC2CCCc3sccc32)c1. The predicted octanol–water partition coefficient (Wildman–Crippen LogP) is 4.13. The standard InChI is InChI=1S/C15H18N2S/c1-10-7-11(16)9-12(8-10)17-14-3-2-4-15-13(14)5-6-18-15/h5-9,14,17H,2-4,16H2,1H3. The van der Waals surface area contributed by atoms with E-state index in [1.165, 1.54) is 30.4 Å². The van der Waals surface area contributed by atoms with E-state index in [4.69, 9.17) is 5.73 Å². The summed E-state index contributed by atoms with van der Waals surface area (Å²) in [6, 6.07) is 8.89. The Morgan fingerprint density at radius 3 is 3.06 bits per heavy atom. The second-order valence-corrected chi connectivity index (χ2v) is 6.02. The predicted molar refractivity (Wildman–Crippen MR) is 79.2 cm³/mol. The van der Waals surface area contributed by atoms with Crippen LogP contribution in [0.1, 0.15) is 34.9 Å². The van der Waals surface area contributed by atoms with E-state index >= 15 is 0 Å². The second kappa shape index (κ2) is 4.65. The van der Waals surface area contributed by atoms with Crippen LogP contribution in [0.5, 0.6) is 0 Å². The summed E-state index contributed by atoms with van der Waals surface area (Å²) in [6.45, 7) is 2.08. The van der Waals surface area contributed by atoms with E-state index in [1.54, 1.807) is 4.88 Å². The molecule has 0 bridgehead atoms. The number of aryl methyl sites for hydroxylation is 2. The van der Waals surface area contributed by atoms with Gasteiger partial charge in [-0.2, -0.15) is 0 Å². The molecular weight excluding hydrogens is 240 g/mol. The largest absolute Gasteiger partial charge is 0.399 e. The Morgan fingerprint density at radius 2 is 2.22 bits per heavy atom. The van der Waals surface area contributed by atoms with Crippen molar-refractivity contribution in [1.29, 1.82) is 0 Å². The molecule has 1 aromatic heterocycles. The molecule has 0 spiro atoms. The van der Waals surface area contributed by atoms with Gasteiger partial charge in [0.2, 0.25) is 0 Å². The van der Waals surface area contributed by atoms with Crippen LogP contribution in [0.3, 0.4) is 0 Å². The van der Waals surface area contributed by atoms with Gasteiger partial charge in [0.1, 0.15) is 0 Å². The number of nitrogen functional groups attached to an aromatic ring is 1. The van der Waals surface area contributed by atoms with Crippen molar-refractivity contribution in [1.82, 2.24) is 0 Å². The quantitative estimate of drug-likeness (QED) is 0.795. The molecule has 0 aliphatic heterocycles. The average Bonchev–Trinajstić information content (AvgIpc) is 2.76.